The Balaban J connectivity index is 1.51. The van der Waals surface area contributed by atoms with E-state index < -0.39 is 0 Å². The number of benzene rings is 1. The predicted molar refractivity (Wildman–Crippen MR) is 91.9 cm³/mol. The van der Waals surface area contributed by atoms with E-state index in [1.165, 1.54) is 5.56 Å². The molecule has 0 bridgehead atoms. The summed E-state index contributed by atoms with van der Waals surface area (Å²) in [6.45, 7) is 2.28. The smallest absolute Gasteiger partial charge is 0.317 e. The van der Waals surface area contributed by atoms with Gasteiger partial charge in [-0.05, 0) is 43.0 Å². The maximum atomic E-state index is 12.5. The van der Waals surface area contributed by atoms with Crippen LogP contribution in [0.5, 0.6) is 5.75 Å². The number of amides is 2. The second-order valence-corrected chi connectivity index (χ2v) is 5.98. The summed E-state index contributed by atoms with van der Waals surface area (Å²) in [5.41, 5.74) is 1.17. The standard InChI is InChI=1S/C18H24N4O2/c1-24-16-8-6-15(7-9-16)17-5-2-14-22(17)18(23)19-10-3-12-21-13-4-11-20-21/h4,6-9,11,13,17H,2-3,5,10,12,14H2,1H3,(H,19,23)/t17-/m0/s1. The van der Waals surface area contributed by atoms with E-state index in [4.69, 9.17) is 4.74 Å². The van der Waals surface area contributed by atoms with Crippen molar-refractivity contribution in [2.75, 3.05) is 20.2 Å². The third-order valence-corrected chi connectivity index (χ3v) is 4.41. The lowest BCUT2D eigenvalue weighted by atomic mass is 10.0. The second kappa shape index (κ2) is 7.86. The first kappa shape index (κ1) is 16.4. The molecule has 1 N–H and O–H groups in total. The molecule has 2 heterocycles. The molecule has 0 saturated carbocycles. The summed E-state index contributed by atoms with van der Waals surface area (Å²) in [5, 5.41) is 7.19. The number of carbonyl (C=O) groups excluding carboxylic acids is 1. The molecule has 6 nitrogen and oxygen atoms in total. The van der Waals surface area contributed by atoms with Crippen LogP contribution in [0.15, 0.2) is 42.7 Å². The number of methoxy groups -OCH3 is 1. The molecular weight excluding hydrogens is 304 g/mol. The first-order chi connectivity index (χ1) is 11.8. The molecule has 128 valence electrons. The number of likely N-dealkylation sites (tertiary alicyclic amines) is 1. The molecule has 2 aromatic rings. The molecule has 1 aromatic heterocycles. The van der Waals surface area contributed by atoms with E-state index in [2.05, 4.69) is 10.4 Å². The number of carbonyl (C=O) groups is 1. The molecule has 3 rings (SSSR count). The molecule has 24 heavy (non-hydrogen) atoms. The molecule has 1 fully saturated rings. The van der Waals surface area contributed by atoms with Crippen molar-refractivity contribution < 1.29 is 9.53 Å². The van der Waals surface area contributed by atoms with Gasteiger partial charge in [-0.25, -0.2) is 4.79 Å². The average molecular weight is 328 g/mol. The monoisotopic (exact) mass is 328 g/mol. The Morgan fingerprint density at radius 3 is 2.92 bits per heavy atom. The number of urea groups is 1. The third-order valence-electron chi connectivity index (χ3n) is 4.41. The molecule has 0 spiro atoms. The molecule has 1 aliphatic rings. The SMILES string of the molecule is COc1ccc([C@@H]2CCCN2C(=O)NCCCn2cccn2)cc1. The van der Waals surface area contributed by atoms with E-state index in [0.717, 1.165) is 38.1 Å². The van der Waals surface area contributed by atoms with Gasteiger partial charge in [-0.3, -0.25) is 4.68 Å². The van der Waals surface area contributed by atoms with Gasteiger partial charge >= 0.3 is 6.03 Å². The van der Waals surface area contributed by atoms with Crippen LogP contribution in [-0.2, 0) is 6.54 Å². The summed E-state index contributed by atoms with van der Waals surface area (Å²) < 4.78 is 7.08. The van der Waals surface area contributed by atoms with E-state index >= 15 is 0 Å². The highest BCUT2D eigenvalue weighted by atomic mass is 16.5. The summed E-state index contributed by atoms with van der Waals surface area (Å²) in [7, 11) is 1.66. The summed E-state index contributed by atoms with van der Waals surface area (Å²) in [5.74, 6) is 0.839. The number of aryl methyl sites for hydroxylation is 1. The van der Waals surface area contributed by atoms with Crippen LogP contribution in [0.2, 0.25) is 0 Å². The number of nitrogens with one attached hydrogen (secondary N) is 1. The summed E-state index contributed by atoms with van der Waals surface area (Å²) in [6, 6.07) is 10.1. The zero-order valence-electron chi connectivity index (χ0n) is 14.0. The highest BCUT2D eigenvalue weighted by Crippen LogP contribution is 2.32. The predicted octanol–water partition coefficient (Wildman–Crippen LogP) is 2.83. The Bertz CT molecular complexity index is 640. The fourth-order valence-electron chi connectivity index (χ4n) is 3.15. The highest BCUT2D eigenvalue weighted by Gasteiger charge is 2.29. The molecule has 1 aliphatic heterocycles. The van der Waals surface area contributed by atoms with Gasteiger partial charge in [-0.15, -0.1) is 0 Å². The van der Waals surface area contributed by atoms with Gasteiger partial charge in [0.1, 0.15) is 5.75 Å². The Morgan fingerprint density at radius 2 is 2.21 bits per heavy atom. The topological polar surface area (TPSA) is 59.4 Å². The van der Waals surface area contributed by atoms with Gasteiger partial charge in [0, 0.05) is 32.0 Å². The number of hydrogen-bond donors (Lipinski definition) is 1. The zero-order valence-corrected chi connectivity index (χ0v) is 14.0. The van der Waals surface area contributed by atoms with Crippen LogP contribution in [0.25, 0.3) is 0 Å². The lowest BCUT2D eigenvalue weighted by Crippen LogP contribution is -2.40. The molecule has 2 amide bonds. The van der Waals surface area contributed by atoms with Crippen molar-refractivity contribution in [3.8, 4) is 5.75 Å². The number of hydrogen-bond acceptors (Lipinski definition) is 3. The lowest BCUT2D eigenvalue weighted by molar-refractivity contribution is 0.192. The van der Waals surface area contributed by atoms with E-state index in [9.17, 15) is 4.79 Å². The molecule has 1 aromatic carbocycles. The van der Waals surface area contributed by atoms with Crippen molar-refractivity contribution in [2.45, 2.75) is 31.8 Å². The average Bonchev–Trinajstić information content (AvgIpc) is 3.30. The fourth-order valence-corrected chi connectivity index (χ4v) is 3.15. The summed E-state index contributed by atoms with van der Waals surface area (Å²) >= 11 is 0. The van der Waals surface area contributed by atoms with Crippen LogP contribution < -0.4 is 10.1 Å². The largest absolute Gasteiger partial charge is 0.497 e. The van der Waals surface area contributed by atoms with Crippen LogP contribution in [0.3, 0.4) is 0 Å². The lowest BCUT2D eigenvalue weighted by Gasteiger charge is -2.25. The molecule has 0 radical (unpaired) electrons. The molecule has 6 heteroatoms. The second-order valence-electron chi connectivity index (χ2n) is 5.98. The molecular formula is C18H24N4O2. The molecule has 1 atom stereocenters. The van der Waals surface area contributed by atoms with Gasteiger partial charge in [-0.1, -0.05) is 12.1 Å². The van der Waals surface area contributed by atoms with Gasteiger partial charge in [0.2, 0.25) is 0 Å². The van der Waals surface area contributed by atoms with Gasteiger partial charge < -0.3 is 15.0 Å². The Morgan fingerprint density at radius 1 is 1.38 bits per heavy atom. The van der Waals surface area contributed by atoms with Crippen LogP contribution in [0.1, 0.15) is 30.9 Å². The minimum atomic E-state index is 0.0220. The minimum Gasteiger partial charge on any atom is -0.497 e. The van der Waals surface area contributed by atoms with Gasteiger partial charge in [-0.2, -0.15) is 5.10 Å². The van der Waals surface area contributed by atoms with Crippen molar-refractivity contribution in [2.24, 2.45) is 0 Å². The van der Waals surface area contributed by atoms with E-state index in [-0.39, 0.29) is 12.1 Å². The van der Waals surface area contributed by atoms with Crippen LogP contribution in [-0.4, -0.2) is 40.9 Å². The maximum absolute atomic E-state index is 12.5. The maximum Gasteiger partial charge on any atom is 0.317 e. The van der Waals surface area contributed by atoms with Gasteiger partial charge in [0.25, 0.3) is 0 Å². The van der Waals surface area contributed by atoms with Crippen LogP contribution >= 0.6 is 0 Å². The van der Waals surface area contributed by atoms with Gasteiger partial charge in [0.05, 0.1) is 13.2 Å². The number of nitrogens with zero attached hydrogens (tertiary/aromatic N) is 3. The molecule has 0 aliphatic carbocycles. The highest BCUT2D eigenvalue weighted by molar-refractivity contribution is 5.75. The Hall–Kier alpha value is -2.50. The first-order valence-corrected chi connectivity index (χ1v) is 8.44. The molecule has 0 unspecified atom stereocenters. The zero-order chi connectivity index (χ0) is 16.8. The van der Waals surface area contributed by atoms with Crippen LogP contribution in [0, 0.1) is 0 Å². The van der Waals surface area contributed by atoms with E-state index in [1.807, 2.05) is 46.1 Å². The molecule has 1 saturated heterocycles. The number of ether oxygens (including phenoxy) is 1. The van der Waals surface area contributed by atoms with E-state index in [0.29, 0.717) is 6.54 Å². The van der Waals surface area contributed by atoms with Gasteiger partial charge in [0.15, 0.2) is 0 Å². The van der Waals surface area contributed by atoms with Crippen LogP contribution in [0.4, 0.5) is 4.79 Å². The van der Waals surface area contributed by atoms with Crippen molar-refractivity contribution in [3.63, 3.8) is 0 Å². The first-order valence-electron chi connectivity index (χ1n) is 8.44. The van der Waals surface area contributed by atoms with Crippen molar-refractivity contribution in [1.29, 1.82) is 0 Å². The van der Waals surface area contributed by atoms with Crippen molar-refractivity contribution in [3.05, 3.63) is 48.3 Å². The minimum absolute atomic E-state index is 0.0220. The summed E-state index contributed by atoms with van der Waals surface area (Å²) in [4.78, 5) is 14.4. The van der Waals surface area contributed by atoms with E-state index in [1.54, 1.807) is 13.3 Å². The third kappa shape index (κ3) is 3.88. The normalized spacial score (nSPS) is 17.0. The Kier molecular flexibility index (Phi) is 5.36. The summed E-state index contributed by atoms with van der Waals surface area (Å²) in [6.07, 6.45) is 6.61. The van der Waals surface area contributed by atoms with Crippen molar-refractivity contribution >= 4 is 6.03 Å². The van der Waals surface area contributed by atoms with Crippen molar-refractivity contribution in [1.82, 2.24) is 20.0 Å². The fraction of sp³-hybridized carbons (Fsp3) is 0.444. The quantitative estimate of drug-likeness (QED) is 0.830. The Labute approximate surface area is 142 Å². The number of aromatic nitrogens is 2. The number of rotatable bonds is 6.